The summed E-state index contributed by atoms with van der Waals surface area (Å²) >= 11 is 6.37. The van der Waals surface area contributed by atoms with Gasteiger partial charge in [0, 0.05) is 18.0 Å². The summed E-state index contributed by atoms with van der Waals surface area (Å²) < 4.78 is 62.5. The molecule has 0 saturated heterocycles. The summed E-state index contributed by atoms with van der Waals surface area (Å²) in [4.78, 5) is 24.4. The highest BCUT2D eigenvalue weighted by Crippen LogP contribution is 2.51. The number of fused-ring (bicyclic) bond motifs is 1. The molecular weight excluding hydrogens is 518 g/mol. The number of nitrogens with zero attached hydrogens (tertiary/aromatic N) is 1. The van der Waals surface area contributed by atoms with E-state index in [-0.39, 0.29) is 34.2 Å². The van der Waals surface area contributed by atoms with Gasteiger partial charge in [0.05, 0.1) is 11.3 Å². The first-order valence-corrected chi connectivity index (χ1v) is 11.3. The predicted molar refractivity (Wildman–Crippen MR) is 128 cm³/mol. The molecule has 2 unspecified atom stereocenters. The lowest BCUT2D eigenvalue weighted by Crippen LogP contribution is -2.47. The molecule has 37 heavy (non-hydrogen) atoms. The number of carboxylic acid groups (broad SMARTS) is 1. The summed E-state index contributed by atoms with van der Waals surface area (Å²) in [5.74, 6) is -4.29. The topological polar surface area (TPSA) is 87.1 Å². The number of hydrogen-bond donors (Lipinski definition) is 2. The van der Waals surface area contributed by atoms with E-state index in [1.54, 1.807) is 0 Å². The number of rotatable bonds is 5. The second-order valence-electron chi connectivity index (χ2n) is 8.65. The fraction of sp³-hybridized carbons (Fsp3) is 0.231. The van der Waals surface area contributed by atoms with Crippen molar-refractivity contribution >= 4 is 29.2 Å². The van der Waals surface area contributed by atoms with Crippen LogP contribution in [0.2, 0.25) is 5.02 Å². The molecule has 3 aromatic rings. The van der Waals surface area contributed by atoms with Crippen molar-refractivity contribution in [1.82, 2.24) is 0 Å². The molecule has 0 radical (unpaired) electrons. The fourth-order valence-electron chi connectivity index (χ4n) is 4.32. The molecule has 0 saturated carbocycles. The van der Waals surface area contributed by atoms with Crippen molar-refractivity contribution in [2.24, 2.45) is 0 Å². The minimum atomic E-state index is -5.14. The minimum absolute atomic E-state index is 0.0378. The minimum Gasteiger partial charge on any atom is -0.482 e. The maximum Gasteiger partial charge on any atom is 0.422 e. The Labute approximate surface area is 213 Å². The number of likely N-dealkylation sites (N-methyl/N-ethyl adjacent to an activating group) is 1. The summed E-state index contributed by atoms with van der Waals surface area (Å²) in [5.41, 5.74) is -3.82. The third kappa shape index (κ3) is 4.51. The van der Waals surface area contributed by atoms with Crippen molar-refractivity contribution < 1.29 is 42.1 Å². The zero-order valence-corrected chi connectivity index (χ0v) is 20.2. The number of amides is 1. The average Bonchev–Trinajstić information content (AvgIpc) is 2.84. The Bertz CT molecular complexity index is 1410. The van der Waals surface area contributed by atoms with E-state index in [1.807, 2.05) is 0 Å². The lowest BCUT2D eigenvalue weighted by Gasteiger charge is -2.38. The van der Waals surface area contributed by atoms with E-state index in [4.69, 9.17) is 21.4 Å². The quantitative estimate of drug-likeness (QED) is 0.405. The Hall–Kier alpha value is -3.63. The van der Waals surface area contributed by atoms with Gasteiger partial charge in [0.2, 0.25) is 0 Å². The first-order chi connectivity index (χ1) is 17.3. The smallest absolute Gasteiger partial charge is 0.422 e. The van der Waals surface area contributed by atoms with Gasteiger partial charge in [-0.15, -0.1) is 0 Å². The Morgan fingerprint density at radius 2 is 1.73 bits per heavy atom. The molecule has 0 spiro atoms. The molecule has 2 atom stereocenters. The van der Waals surface area contributed by atoms with Crippen LogP contribution in [0.5, 0.6) is 5.75 Å². The number of alkyl halides is 3. The SMILES string of the molecule is CC(c1ccc(-c2ccc(F)c(C(=O)O)c2)cc1Cl)C(O)(c1ccc2c(c1)N(C)C(=O)CO2)C(F)(F)F. The molecule has 0 aliphatic carbocycles. The molecule has 11 heteroatoms. The number of ether oxygens (including phenoxy) is 1. The summed E-state index contributed by atoms with van der Waals surface area (Å²) in [7, 11) is 1.39. The van der Waals surface area contributed by atoms with Crippen LogP contribution in [0.4, 0.5) is 23.2 Å². The van der Waals surface area contributed by atoms with Crippen LogP contribution >= 0.6 is 11.6 Å². The van der Waals surface area contributed by atoms with E-state index in [0.717, 1.165) is 29.2 Å². The lowest BCUT2D eigenvalue weighted by atomic mass is 9.77. The lowest BCUT2D eigenvalue weighted by molar-refractivity contribution is -0.274. The van der Waals surface area contributed by atoms with Crippen LogP contribution in [0.25, 0.3) is 11.1 Å². The summed E-state index contributed by atoms with van der Waals surface area (Å²) in [6.07, 6.45) is -5.14. The van der Waals surface area contributed by atoms with Gasteiger partial charge in [-0.3, -0.25) is 4.79 Å². The second-order valence-corrected chi connectivity index (χ2v) is 9.05. The molecule has 4 rings (SSSR count). The van der Waals surface area contributed by atoms with Crippen molar-refractivity contribution in [3.8, 4) is 16.9 Å². The molecule has 1 amide bonds. The van der Waals surface area contributed by atoms with Gasteiger partial charge < -0.3 is 19.8 Å². The number of aromatic carboxylic acids is 1. The summed E-state index contributed by atoms with van der Waals surface area (Å²) in [5, 5.41) is 20.2. The number of hydrogen-bond acceptors (Lipinski definition) is 4. The van der Waals surface area contributed by atoms with E-state index in [1.165, 1.54) is 44.3 Å². The fourth-order valence-corrected chi connectivity index (χ4v) is 4.66. The van der Waals surface area contributed by atoms with Crippen LogP contribution in [0.15, 0.2) is 54.6 Å². The molecule has 194 valence electrons. The molecular formula is C26H20ClF4NO5. The Morgan fingerprint density at radius 3 is 2.35 bits per heavy atom. The molecule has 3 aromatic carbocycles. The average molecular weight is 538 g/mol. The van der Waals surface area contributed by atoms with Gasteiger partial charge in [-0.05, 0) is 52.6 Å². The summed E-state index contributed by atoms with van der Waals surface area (Å²) in [6, 6.07) is 10.8. The number of benzene rings is 3. The van der Waals surface area contributed by atoms with E-state index in [0.29, 0.717) is 5.56 Å². The van der Waals surface area contributed by atoms with Crippen LogP contribution in [0.3, 0.4) is 0 Å². The number of anilines is 1. The van der Waals surface area contributed by atoms with Gasteiger partial charge in [-0.2, -0.15) is 13.2 Å². The van der Waals surface area contributed by atoms with Gasteiger partial charge in [0.15, 0.2) is 12.2 Å². The molecule has 0 bridgehead atoms. The number of carbonyl (C=O) groups is 2. The summed E-state index contributed by atoms with van der Waals surface area (Å²) in [6.45, 7) is 0.909. The van der Waals surface area contributed by atoms with Crippen molar-refractivity contribution in [3.05, 3.63) is 82.1 Å². The van der Waals surface area contributed by atoms with Gasteiger partial charge in [0.25, 0.3) is 5.91 Å². The Morgan fingerprint density at radius 1 is 1.08 bits per heavy atom. The molecule has 1 heterocycles. The number of aliphatic hydroxyl groups is 1. The zero-order valence-electron chi connectivity index (χ0n) is 19.4. The van der Waals surface area contributed by atoms with E-state index >= 15 is 0 Å². The standard InChI is InChI=1S/C26H20ClF4NO5/c1-13(17-6-3-15(10-19(17)27)14-4-7-20(28)18(9-14)24(34)35)25(36,26(29,30)31)16-5-8-22-21(11-16)32(2)23(33)12-37-22/h3-11,13,36H,12H2,1-2H3,(H,34,35). The third-order valence-corrected chi connectivity index (χ3v) is 6.87. The van der Waals surface area contributed by atoms with Crippen molar-refractivity contribution in [2.75, 3.05) is 18.6 Å². The third-order valence-electron chi connectivity index (χ3n) is 6.54. The van der Waals surface area contributed by atoms with Crippen molar-refractivity contribution in [1.29, 1.82) is 0 Å². The predicted octanol–water partition coefficient (Wildman–Crippen LogP) is 5.75. The van der Waals surface area contributed by atoms with Crippen molar-refractivity contribution in [3.63, 3.8) is 0 Å². The van der Waals surface area contributed by atoms with Crippen LogP contribution in [-0.4, -0.2) is 41.9 Å². The maximum absolute atomic E-state index is 14.5. The van der Waals surface area contributed by atoms with Gasteiger partial charge in [0.1, 0.15) is 11.6 Å². The van der Waals surface area contributed by atoms with Crippen LogP contribution in [-0.2, 0) is 10.4 Å². The highest BCUT2D eigenvalue weighted by atomic mass is 35.5. The molecule has 6 nitrogen and oxygen atoms in total. The Kier molecular flexibility index (Phi) is 6.68. The highest BCUT2D eigenvalue weighted by molar-refractivity contribution is 6.31. The number of carbonyl (C=O) groups excluding carboxylic acids is 1. The molecule has 0 aromatic heterocycles. The van der Waals surface area contributed by atoms with Crippen LogP contribution in [0, 0.1) is 5.82 Å². The van der Waals surface area contributed by atoms with Gasteiger partial charge in [-0.1, -0.05) is 42.8 Å². The van der Waals surface area contributed by atoms with E-state index < -0.39 is 46.5 Å². The van der Waals surface area contributed by atoms with Crippen LogP contribution < -0.4 is 9.64 Å². The monoisotopic (exact) mass is 537 g/mol. The molecule has 0 fully saturated rings. The largest absolute Gasteiger partial charge is 0.482 e. The highest BCUT2D eigenvalue weighted by Gasteiger charge is 2.59. The zero-order chi connectivity index (χ0) is 27.3. The first-order valence-electron chi connectivity index (χ1n) is 10.9. The van der Waals surface area contributed by atoms with Crippen LogP contribution in [0.1, 0.15) is 34.3 Å². The maximum atomic E-state index is 14.5. The molecule has 1 aliphatic rings. The first kappa shape index (κ1) is 26.4. The number of halogens is 5. The van der Waals surface area contributed by atoms with E-state index in [9.17, 15) is 32.3 Å². The van der Waals surface area contributed by atoms with Crippen molar-refractivity contribution in [2.45, 2.75) is 24.6 Å². The van der Waals surface area contributed by atoms with E-state index in [2.05, 4.69) is 0 Å². The Balaban J connectivity index is 1.78. The molecule has 1 aliphatic heterocycles. The van der Waals surface area contributed by atoms with Gasteiger partial charge in [-0.25, -0.2) is 9.18 Å². The normalized spacial score (nSPS) is 16.0. The van der Waals surface area contributed by atoms with Gasteiger partial charge >= 0.3 is 12.1 Å². The molecule has 2 N–H and O–H groups in total. The number of carboxylic acids is 1. The second kappa shape index (κ2) is 9.35.